The Bertz CT molecular complexity index is 2030. The number of rotatable bonds is 6. The van der Waals surface area contributed by atoms with Crippen LogP contribution in [0.5, 0.6) is 5.75 Å². The van der Waals surface area contributed by atoms with Crippen molar-refractivity contribution in [3.63, 3.8) is 0 Å². The number of hydrogen-bond donors (Lipinski definition) is 0. The molecule has 0 spiro atoms. The van der Waals surface area contributed by atoms with Gasteiger partial charge in [0.1, 0.15) is 12.2 Å². The summed E-state index contributed by atoms with van der Waals surface area (Å²) in [5.41, 5.74) is 2.22. The maximum absolute atomic E-state index is 13.5. The zero-order valence-corrected chi connectivity index (χ0v) is 25.4. The van der Waals surface area contributed by atoms with E-state index in [1.165, 1.54) is 10.9 Å². The van der Waals surface area contributed by atoms with Gasteiger partial charge in [0.2, 0.25) is 5.82 Å². The first kappa shape index (κ1) is 27.8. The van der Waals surface area contributed by atoms with Gasteiger partial charge in [-0.15, -0.1) is 0 Å². The smallest absolute Gasteiger partial charge is 0.282 e. The van der Waals surface area contributed by atoms with Gasteiger partial charge in [-0.3, -0.25) is 4.79 Å². The zero-order chi connectivity index (χ0) is 28.7. The Balaban J connectivity index is 1.36. The summed E-state index contributed by atoms with van der Waals surface area (Å²) < 4.78 is 13.8. The first-order valence-corrected chi connectivity index (χ1v) is 14.4. The quantitative estimate of drug-likeness (QED) is 0.164. The molecular formula is C30H16BrCl4N3O3. The molecule has 0 aliphatic heterocycles. The Morgan fingerprint density at radius 2 is 1.76 bits per heavy atom. The molecule has 2 aromatic heterocycles. The highest BCUT2D eigenvalue weighted by Crippen LogP contribution is 2.35. The number of halogens is 5. The number of ether oxygens (including phenoxy) is 1. The first-order chi connectivity index (χ1) is 19.8. The van der Waals surface area contributed by atoms with E-state index in [0.717, 1.165) is 10.9 Å². The molecule has 0 saturated carbocycles. The molecule has 204 valence electrons. The molecule has 0 amide bonds. The van der Waals surface area contributed by atoms with Crippen LogP contribution < -0.4 is 10.3 Å². The summed E-state index contributed by atoms with van der Waals surface area (Å²) in [5.74, 6) is 1.05. The van der Waals surface area contributed by atoms with E-state index in [-0.39, 0.29) is 18.0 Å². The fourth-order valence-electron chi connectivity index (χ4n) is 4.22. The van der Waals surface area contributed by atoms with Crippen molar-refractivity contribution in [2.75, 3.05) is 0 Å². The van der Waals surface area contributed by atoms with Gasteiger partial charge in [-0.05, 0) is 87.7 Å². The second-order valence-corrected chi connectivity index (χ2v) is 11.5. The predicted octanol–water partition coefficient (Wildman–Crippen LogP) is 9.65. The lowest BCUT2D eigenvalue weighted by atomic mass is 10.2. The standard InChI is InChI=1S/C30H16BrCl4N3O3/c31-21-9-17(11-24(35)28(21)40-15-16-5-7-22(33)23(34)10-16)14-36-38-29(37-25-4-2-1-3-20(25)30(38)39)27-13-18-12-19(32)6-8-26(18)41-27/h1-14H,15H2. The number of aromatic nitrogens is 2. The molecule has 6 nitrogen and oxygen atoms in total. The summed E-state index contributed by atoms with van der Waals surface area (Å²) in [6.45, 7) is 0.229. The van der Waals surface area contributed by atoms with E-state index in [4.69, 9.17) is 60.5 Å². The molecule has 6 rings (SSSR count). The largest absolute Gasteiger partial charge is 0.486 e. The van der Waals surface area contributed by atoms with E-state index in [1.807, 2.05) is 12.1 Å². The monoisotopic (exact) mass is 685 g/mol. The molecule has 0 N–H and O–H groups in total. The van der Waals surface area contributed by atoms with Crippen LogP contribution in [-0.4, -0.2) is 15.9 Å². The number of fused-ring (bicyclic) bond motifs is 2. The van der Waals surface area contributed by atoms with Crippen molar-refractivity contribution < 1.29 is 9.15 Å². The minimum atomic E-state index is -0.355. The molecule has 0 saturated heterocycles. The lowest BCUT2D eigenvalue weighted by Gasteiger charge is -2.12. The third-order valence-corrected chi connectivity index (χ3v) is 8.01. The normalized spacial score (nSPS) is 11.6. The first-order valence-electron chi connectivity index (χ1n) is 12.1. The fourth-order valence-corrected chi connectivity index (χ4v) is 5.71. The van der Waals surface area contributed by atoms with Crippen LogP contribution in [0.4, 0.5) is 0 Å². The van der Waals surface area contributed by atoms with Gasteiger partial charge in [0, 0.05) is 10.4 Å². The molecule has 2 heterocycles. The Labute approximate surface area is 261 Å². The van der Waals surface area contributed by atoms with Crippen LogP contribution in [0.3, 0.4) is 0 Å². The van der Waals surface area contributed by atoms with Crippen LogP contribution in [0.2, 0.25) is 20.1 Å². The molecule has 6 aromatic rings. The molecule has 0 aliphatic rings. The zero-order valence-electron chi connectivity index (χ0n) is 20.7. The molecule has 0 bridgehead atoms. The third-order valence-electron chi connectivity index (χ3n) is 6.16. The van der Waals surface area contributed by atoms with Crippen LogP contribution in [0.1, 0.15) is 11.1 Å². The van der Waals surface area contributed by atoms with Gasteiger partial charge in [-0.25, -0.2) is 4.98 Å². The summed E-state index contributed by atoms with van der Waals surface area (Å²) >= 11 is 28.3. The second-order valence-electron chi connectivity index (χ2n) is 8.96. The second kappa shape index (κ2) is 11.5. The average molecular weight is 688 g/mol. The Hall–Kier alpha value is -3.33. The summed E-state index contributed by atoms with van der Waals surface area (Å²) in [7, 11) is 0. The predicted molar refractivity (Wildman–Crippen MR) is 169 cm³/mol. The Kier molecular flexibility index (Phi) is 7.81. The molecule has 41 heavy (non-hydrogen) atoms. The van der Waals surface area contributed by atoms with Crippen molar-refractivity contribution in [3.05, 3.63) is 125 Å². The summed E-state index contributed by atoms with van der Waals surface area (Å²) in [6, 6.07) is 22.8. The van der Waals surface area contributed by atoms with Gasteiger partial charge in [0.25, 0.3) is 5.56 Å². The molecule has 0 atom stereocenters. The minimum absolute atomic E-state index is 0.229. The maximum atomic E-state index is 13.5. The van der Waals surface area contributed by atoms with Crippen LogP contribution in [0, 0.1) is 0 Å². The van der Waals surface area contributed by atoms with Gasteiger partial charge < -0.3 is 9.15 Å². The Morgan fingerprint density at radius 3 is 2.56 bits per heavy atom. The van der Waals surface area contributed by atoms with Crippen LogP contribution >= 0.6 is 62.3 Å². The molecule has 0 unspecified atom stereocenters. The molecule has 4 aromatic carbocycles. The van der Waals surface area contributed by atoms with Crippen molar-refractivity contribution in [2.24, 2.45) is 5.10 Å². The van der Waals surface area contributed by atoms with Gasteiger partial charge >= 0.3 is 0 Å². The van der Waals surface area contributed by atoms with E-state index >= 15 is 0 Å². The maximum Gasteiger partial charge on any atom is 0.282 e. The van der Waals surface area contributed by atoms with E-state index in [1.54, 1.807) is 66.7 Å². The SMILES string of the molecule is O=c1c2ccccc2nc(-c2cc3cc(Cl)ccc3o2)n1N=Cc1cc(Cl)c(OCc2ccc(Cl)c(Cl)c2)c(Br)c1. The summed E-state index contributed by atoms with van der Waals surface area (Å²) in [4.78, 5) is 18.2. The highest BCUT2D eigenvalue weighted by molar-refractivity contribution is 9.10. The topological polar surface area (TPSA) is 69.6 Å². The highest BCUT2D eigenvalue weighted by atomic mass is 79.9. The number of hydrogen-bond acceptors (Lipinski definition) is 5. The molecular weight excluding hydrogens is 672 g/mol. The van der Waals surface area contributed by atoms with E-state index in [2.05, 4.69) is 21.0 Å². The highest BCUT2D eigenvalue weighted by Gasteiger charge is 2.17. The number of benzene rings is 4. The van der Waals surface area contributed by atoms with Crippen molar-refractivity contribution in [3.8, 4) is 17.3 Å². The number of para-hydroxylation sites is 1. The van der Waals surface area contributed by atoms with Gasteiger partial charge in [-0.2, -0.15) is 9.78 Å². The lowest BCUT2D eigenvalue weighted by molar-refractivity contribution is 0.304. The van der Waals surface area contributed by atoms with E-state index < -0.39 is 0 Å². The van der Waals surface area contributed by atoms with Crippen molar-refractivity contribution in [1.82, 2.24) is 9.66 Å². The average Bonchev–Trinajstić information content (AvgIpc) is 3.37. The molecule has 0 radical (unpaired) electrons. The van der Waals surface area contributed by atoms with E-state index in [0.29, 0.717) is 58.1 Å². The van der Waals surface area contributed by atoms with Crippen molar-refractivity contribution >= 4 is 90.4 Å². The van der Waals surface area contributed by atoms with Crippen molar-refractivity contribution in [1.29, 1.82) is 0 Å². The summed E-state index contributed by atoms with van der Waals surface area (Å²) in [5, 5.41) is 7.50. The van der Waals surface area contributed by atoms with Crippen LogP contribution in [-0.2, 0) is 6.61 Å². The minimum Gasteiger partial charge on any atom is -0.486 e. The molecule has 0 aliphatic carbocycles. The van der Waals surface area contributed by atoms with E-state index in [9.17, 15) is 4.79 Å². The number of nitrogens with zero attached hydrogens (tertiary/aromatic N) is 3. The summed E-state index contributed by atoms with van der Waals surface area (Å²) in [6.07, 6.45) is 1.51. The van der Waals surface area contributed by atoms with Gasteiger partial charge in [-0.1, -0.05) is 64.6 Å². The molecule has 11 heteroatoms. The van der Waals surface area contributed by atoms with Crippen molar-refractivity contribution in [2.45, 2.75) is 6.61 Å². The lowest BCUT2D eigenvalue weighted by Crippen LogP contribution is -2.20. The van der Waals surface area contributed by atoms with Gasteiger partial charge in [0.05, 0.1) is 36.7 Å². The molecule has 0 fully saturated rings. The fraction of sp³-hybridized carbons (Fsp3) is 0.0333. The Morgan fingerprint density at radius 1 is 0.927 bits per heavy atom. The van der Waals surface area contributed by atoms with Gasteiger partial charge in [0.15, 0.2) is 11.5 Å². The number of furan rings is 1. The van der Waals surface area contributed by atoms with Crippen LogP contribution in [0.25, 0.3) is 33.5 Å². The third kappa shape index (κ3) is 5.73. The van der Waals surface area contributed by atoms with Crippen LogP contribution in [0.15, 0.2) is 97.6 Å².